The van der Waals surface area contributed by atoms with Crippen molar-refractivity contribution in [3.05, 3.63) is 43.1 Å². The Labute approximate surface area is 115 Å². The molecule has 84 valence electrons. The van der Waals surface area contributed by atoms with Crippen molar-refractivity contribution in [3.63, 3.8) is 0 Å². The average molecular weight is 362 g/mol. The topological polar surface area (TPSA) is 24.9 Å². The highest BCUT2D eigenvalue weighted by atomic mass is 79.9. The Morgan fingerprint density at radius 2 is 2.19 bits per heavy atom. The van der Waals surface area contributed by atoms with E-state index in [1.807, 2.05) is 12.3 Å². The molecule has 0 unspecified atom stereocenters. The molecule has 5 heteroatoms. The Hall–Kier alpha value is -0.390. The number of aromatic nitrogens is 1. The van der Waals surface area contributed by atoms with Crippen molar-refractivity contribution in [1.29, 1.82) is 0 Å². The van der Waals surface area contributed by atoms with E-state index >= 15 is 0 Å². The van der Waals surface area contributed by atoms with Gasteiger partial charge in [-0.3, -0.25) is 0 Å². The predicted molar refractivity (Wildman–Crippen MR) is 76.0 cm³/mol. The molecular weight excluding hydrogens is 352 g/mol. The highest BCUT2D eigenvalue weighted by molar-refractivity contribution is 9.10. The van der Waals surface area contributed by atoms with Crippen molar-refractivity contribution < 1.29 is 0 Å². The van der Waals surface area contributed by atoms with Gasteiger partial charge in [0.25, 0.3) is 0 Å². The van der Waals surface area contributed by atoms with Crippen LogP contribution in [0.1, 0.15) is 10.4 Å². The molecule has 0 aromatic carbocycles. The molecule has 2 rings (SSSR count). The third-order valence-corrected chi connectivity index (χ3v) is 4.92. The van der Waals surface area contributed by atoms with Gasteiger partial charge in [-0.25, -0.2) is 4.98 Å². The SMILES string of the molecule is Cc1cc(NCc2sccc2Br)ncc1Br. The number of nitrogens with one attached hydrogen (secondary N) is 1. The molecule has 0 aliphatic heterocycles. The van der Waals surface area contributed by atoms with Crippen molar-refractivity contribution in [2.75, 3.05) is 5.32 Å². The fourth-order valence-corrected chi connectivity index (χ4v) is 2.91. The smallest absolute Gasteiger partial charge is 0.126 e. The zero-order chi connectivity index (χ0) is 11.5. The van der Waals surface area contributed by atoms with Crippen LogP contribution < -0.4 is 5.32 Å². The van der Waals surface area contributed by atoms with Gasteiger partial charge in [-0.05, 0) is 61.9 Å². The summed E-state index contributed by atoms with van der Waals surface area (Å²) in [5, 5.41) is 5.38. The number of hydrogen-bond acceptors (Lipinski definition) is 3. The van der Waals surface area contributed by atoms with Crippen LogP contribution in [0, 0.1) is 6.92 Å². The highest BCUT2D eigenvalue weighted by Crippen LogP contribution is 2.24. The van der Waals surface area contributed by atoms with Crippen molar-refractivity contribution in [3.8, 4) is 0 Å². The van der Waals surface area contributed by atoms with Crippen molar-refractivity contribution >= 4 is 49.0 Å². The second-order valence-electron chi connectivity index (χ2n) is 3.36. The maximum absolute atomic E-state index is 4.30. The Bertz CT molecular complexity index is 496. The fraction of sp³-hybridized carbons (Fsp3) is 0.182. The molecule has 0 amide bonds. The number of halogens is 2. The van der Waals surface area contributed by atoms with Crippen LogP contribution in [0.15, 0.2) is 32.7 Å². The Balaban J connectivity index is 2.05. The van der Waals surface area contributed by atoms with Crippen LogP contribution in [0.2, 0.25) is 0 Å². The van der Waals surface area contributed by atoms with Crippen LogP contribution in [-0.4, -0.2) is 4.98 Å². The number of nitrogens with zero attached hydrogens (tertiary/aromatic N) is 1. The van der Waals surface area contributed by atoms with E-state index in [1.165, 1.54) is 10.4 Å². The van der Waals surface area contributed by atoms with Crippen LogP contribution >= 0.6 is 43.2 Å². The largest absolute Gasteiger partial charge is 0.365 e. The average Bonchev–Trinajstić information content (AvgIpc) is 2.66. The monoisotopic (exact) mass is 360 g/mol. The summed E-state index contributed by atoms with van der Waals surface area (Å²) >= 11 is 8.67. The zero-order valence-electron chi connectivity index (χ0n) is 8.63. The second-order valence-corrected chi connectivity index (χ2v) is 6.07. The summed E-state index contributed by atoms with van der Waals surface area (Å²) < 4.78 is 2.19. The third-order valence-electron chi connectivity index (χ3n) is 2.17. The third kappa shape index (κ3) is 2.84. The summed E-state index contributed by atoms with van der Waals surface area (Å²) in [5.41, 5.74) is 1.18. The van der Waals surface area contributed by atoms with Gasteiger partial charge in [0.1, 0.15) is 5.82 Å². The second kappa shape index (κ2) is 5.29. The summed E-state index contributed by atoms with van der Waals surface area (Å²) in [7, 11) is 0. The molecule has 0 saturated heterocycles. The molecule has 0 aliphatic rings. The Morgan fingerprint density at radius 3 is 2.81 bits per heavy atom. The van der Waals surface area contributed by atoms with Gasteiger partial charge in [0, 0.05) is 20.0 Å². The van der Waals surface area contributed by atoms with Crippen LogP contribution in [0.4, 0.5) is 5.82 Å². The van der Waals surface area contributed by atoms with Gasteiger partial charge >= 0.3 is 0 Å². The predicted octanol–water partition coefficient (Wildman–Crippen LogP) is 4.59. The first-order chi connectivity index (χ1) is 7.66. The van der Waals surface area contributed by atoms with Crippen LogP contribution in [0.3, 0.4) is 0 Å². The summed E-state index contributed by atoms with van der Waals surface area (Å²) in [6, 6.07) is 4.09. The number of pyridine rings is 1. The minimum absolute atomic E-state index is 0.798. The van der Waals surface area contributed by atoms with E-state index in [-0.39, 0.29) is 0 Å². The maximum Gasteiger partial charge on any atom is 0.126 e. The first kappa shape index (κ1) is 12.1. The number of anilines is 1. The highest BCUT2D eigenvalue weighted by Gasteiger charge is 2.02. The minimum Gasteiger partial charge on any atom is -0.365 e. The summed E-state index contributed by atoms with van der Waals surface area (Å²) in [4.78, 5) is 5.58. The molecule has 2 nitrogen and oxygen atoms in total. The first-order valence-electron chi connectivity index (χ1n) is 4.74. The maximum atomic E-state index is 4.30. The molecule has 0 fully saturated rings. The van der Waals surface area contributed by atoms with Gasteiger partial charge in [-0.2, -0.15) is 0 Å². The van der Waals surface area contributed by atoms with Crippen LogP contribution in [0.5, 0.6) is 0 Å². The summed E-state index contributed by atoms with van der Waals surface area (Å²) in [5.74, 6) is 0.904. The number of hydrogen-bond donors (Lipinski definition) is 1. The lowest BCUT2D eigenvalue weighted by molar-refractivity contribution is 1.12. The number of rotatable bonds is 3. The van der Waals surface area contributed by atoms with E-state index in [4.69, 9.17) is 0 Å². The van der Waals surface area contributed by atoms with Crippen molar-refractivity contribution in [2.24, 2.45) is 0 Å². The molecule has 0 aliphatic carbocycles. The number of aryl methyl sites for hydroxylation is 1. The van der Waals surface area contributed by atoms with E-state index in [0.717, 1.165) is 21.3 Å². The van der Waals surface area contributed by atoms with Gasteiger partial charge in [0.15, 0.2) is 0 Å². The molecule has 2 heterocycles. The first-order valence-corrected chi connectivity index (χ1v) is 7.21. The molecule has 0 radical (unpaired) electrons. The van der Waals surface area contributed by atoms with E-state index in [2.05, 4.69) is 60.5 Å². The standard InChI is InChI=1S/C11H10Br2N2S/c1-7-4-11(14-5-9(7)13)15-6-10-8(12)2-3-16-10/h2-5H,6H2,1H3,(H,14,15). The molecule has 0 atom stereocenters. The molecule has 2 aromatic heterocycles. The normalized spacial score (nSPS) is 10.4. The lowest BCUT2D eigenvalue weighted by atomic mass is 10.3. The van der Waals surface area contributed by atoms with Crippen molar-refractivity contribution in [1.82, 2.24) is 4.98 Å². The lowest BCUT2D eigenvalue weighted by Gasteiger charge is -2.06. The molecular formula is C11H10Br2N2S. The van der Waals surface area contributed by atoms with Crippen LogP contribution in [0.25, 0.3) is 0 Å². The molecule has 16 heavy (non-hydrogen) atoms. The van der Waals surface area contributed by atoms with E-state index < -0.39 is 0 Å². The van der Waals surface area contributed by atoms with Crippen LogP contribution in [-0.2, 0) is 6.54 Å². The van der Waals surface area contributed by atoms with E-state index in [9.17, 15) is 0 Å². The Kier molecular flexibility index (Phi) is 4.00. The Morgan fingerprint density at radius 1 is 1.38 bits per heavy atom. The van der Waals surface area contributed by atoms with Gasteiger partial charge < -0.3 is 5.32 Å². The molecule has 0 bridgehead atoms. The molecule has 0 spiro atoms. The molecule has 2 aromatic rings. The zero-order valence-corrected chi connectivity index (χ0v) is 12.6. The summed E-state index contributed by atoms with van der Waals surface area (Å²) in [6.45, 7) is 2.85. The van der Waals surface area contributed by atoms with E-state index in [0.29, 0.717) is 0 Å². The fourth-order valence-electron chi connectivity index (χ4n) is 1.26. The van der Waals surface area contributed by atoms with Crippen molar-refractivity contribution in [2.45, 2.75) is 13.5 Å². The quantitative estimate of drug-likeness (QED) is 0.864. The van der Waals surface area contributed by atoms with E-state index in [1.54, 1.807) is 11.3 Å². The van der Waals surface area contributed by atoms with Gasteiger partial charge in [0.2, 0.25) is 0 Å². The van der Waals surface area contributed by atoms with Gasteiger partial charge in [-0.15, -0.1) is 11.3 Å². The number of thiophene rings is 1. The summed E-state index contributed by atoms with van der Waals surface area (Å²) in [6.07, 6.45) is 1.82. The minimum atomic E-state index is 0.798. The molecule has 0 saturated carbocycles. The lowest BCUT2D eigenvalue weighted by Crippen LogP contribution is -2.00. The van der Waals surface area contributed by atoms with Gasteiger partial charge in [-0.1, -0.05) is 0 Å². The molecule has 1 N–H and O–H groups in total. The van der Waals surface area contributed by atoms with Gasteiger partial charge in [0.05, 0.1) is 6.54 Å².